The molecule has 3 rings (SSSR count). The van der Waals surface area contributed by atoms with Gasteiger partial charge >= 0.3 is 6.09 Å². The standard InChI is InChI=1S/C22H26N2O4/c1-2-27-22(26)24-14-8-10-18(16-24)21(25)23-15-17-9-6-7-13-20(17)28-19-11-4-3-5-12-19/h3-7,9,11-13,18H,2,8,10,14-16H2,1H3,(H,23,25). The van der Waals surface area contributed by atoms with E-state index < -0.39 is 0 Å². The molecule has 0 aromatic heterocycles. The second-order valence-electron chi connectivity index (χ2n) is 6.72. The molecule has 1 aliphatic heterocycles. The lowest BCUT2D eigenvalue weighted by Gasteiger charge is -2.31. The van der Waals surface area contributed by atoms with Crippen molar-refractivity contribution in [2.45, 2.75) is 26.3 Å². The maximum Gasteiger partial charge on any atom is 0.409 e. The molecule has 1 atom stereocenters. The maximum atomic E-state index is 12.6. The van der Waals surface area contributed by atoms with E-state index in [4.69, 9.17) is 9.47 Å². The van der Waals surface area contributed by atoms with Gasteiger partial charge in [-0.15, -0.1) is 0 Å². The van der Waals surface area contributed by atoms with Gasteiger partial charge < -0.3 is 19.7 Å². The van der Waals surface area contributed by atoms with Crippen molar-refractivity contribution in [1.82, 2.24) is 10.2 Å². The summed E-state index contributed by atoms with van der Waals surface area (Å²) in [6.45, 7) is 3.52. The van der Waals surface area contributed by atoms with Crippen molar-refractivity contribution < 1.29 is 19.1 Å². The minimum Gasteiger partial charge on any atom is -0.457 e. The van der Waals surface area contributed by atoms with Gasteiger partial charge in [0.1, 0.15) is 11.5 Å². The molecule has 2 aromatic rings. The van der Waals surface area contributed by atoms with Gasteiger partial charge in [-0.05, 0) is 38.0 Å². The SMILES string of the molecule is CCOC(=O)N1CCCC(C(=O)NCc2ccccc2Oc2ccccc2)C1. The van der Waals surface area contributed by atoms with Crippen LogP contribution in [0.2, 0.25) is 0 Å². The topological polar surface area (TPSA) is 67.9 Å². The summed E-state index contributed by atoms with van der Waals surface area (Å²) in [5.74, 6) is 1.19. The zero-order chi connectivity index (χ0) is 19.8. The molecule has 1 saturated heterocycles. The second-order valence-corrected chi connectivity index (χ2v) is 6.72. The van der Waals surface area contributed by atoms with Crippen molar-refractivity contribution in [3.8, 4) is 11.5 Å². The average Bonchev–Trinajstić information content (AvgIpc) is 2.74. The summed E-state index contributed by atoms with van der Waals surface area (Å²) in [6, 6.07) is 17.2. The van der Waals surface area contributed by atoms with Crippen molar-refractivity contribution in [1.29, 1.82) is 0 Å². The molecule has 1 unspecified atom stereocenters. The number of carbonyl (C=O) groups is 2. The number of piperidine rings is 1. The van der Waals surface area contributed by atoms with Crippen molar-refractivity contribution in [2.24, 2.45) is 5.92 Å². The van der Waals surface area contributed by atoms with Crippen LogP contribution in [0.5, 0.6) is 11.5 Å². The molecule has 0 bridgehead atoms. The Morgan fingerprint density at radius 3 is 2.64 bits per heavy atom. The molecule has 1 aliphatic rings. The smallest absolute Gasteiger partial charge is 0.409 e. The largest absolute Gasteiger partial charge is 0.457 e. The molecule has 1 fully saturated rings. The van der Waals surface area contributed by atoms with Crippen molar-refractivity contribution in [3.63, 3.8) is 0 Å². The second kappa shape index (κ2) is 9.78. The van der Waals surface area contributed by atoms with Gasteiger partial charge in [-0.2, -0.15) is 0 Å². The number of benzene rings is 2. The van der Waals surface area contributed by atoms with Crippen LogP contribution in [0.3, 0.4) is 0 Å². The summed E-state index contributed by atoms with van der Waals surface area (Å²) in [4.78, 5) is 26.2. The highest BCUT2D eigenvalue weighted by Gasteiger charge is 2.29. The van der Waals surface area contributed by atoms with Crippen molar-refractivity contribution in [2.75, 3.05) is 19.7 Å². The number of nitrogens with zero attached hydrogens (tertiary/aromatic N) is 1. The molecular formula is C22H26N2O4. The number of rotatable bonds is 6. The third kappa shape index (κ3) is 5.25. The van der Waals surface area contributed by atoms with Crippen LogP contribution in [0.1, 0.15) is 25.3 Å². The highest BCUT2D eigenvalue weighted by atomic mass is 16.6. The third-order valence-corrected chi connectivity index (χ3v) is 4.71. The fourth-order valence-electron chi connectivity index (χ4n) is 3.26. The number of hydrogen-bond donors (Lipinski definition) is 1. The third-order valence-electron chi connectivity index (χ3n) is 4.71. The molecule has 0 spiro atoms. The van der Waals surface area contributed by atoms with Gasteiger partial charge in [0, 0.05) is 25.2 Å². The lowest BCUT2D eigenvalue weighted by molar-refractivity contribution is -0.126. The fourth-order valence-corrected chi connectivity index (χ4v) is 3.26. The number of amides is 2. The van der Waals surface area contributed by atoms with Crippen LogP contribution in [-0.4, -0.2) is 36.6 Å². The molecule has 2 aromatic carbocycles. The van der Waals surface area contributed by atoms with Crippen LogP contribution in [-0.2, 0) is 16.1 Å². The molecule has 0 aliphatic carbocycles. The van der Waals surface area contributed by atoms with Crippen LogP contribution < -0.4 is 10.1 Å². The lowest BCUT2D eigenvalue weighted by atomic mass is 9.97. The number of hydrogen-bond acceptors (Lipinski definition) is 4. The van der Waals surface area contributed by atoms with E-state index in [1.54, 1.807) is 11.8 Å². The molecular weight excluding hydrogens is 356 g/mol. The molecule has 6 nitrogen and oxygen atoms in total. The molecule has 0 saturated carbocycles. The van der Waals surface area contributed by atoms with Gasteiger partial charge in [0.05, 0.1) is 12.5 Å². The Labute approximate surface area is 165 Å². The van der Waals surface area contributed by atoms with Gasteiger partial charge in [-0.1, -0.05) is 36.4 Å². The number of ether oxygens (including phenoxy) is 2. The quantitative estimate of drug-likeness (QED) is 0.821. The Balaban J connectivity index is 1.58. The van der Waals surface area contributed by atoms with E-state index in [2.05, 4.69) is 5.32 Å². The van der Waals surface area contributed by atoms with Gasteiger partial charge in [-0.3, -0.25) is 4.79 Å². The van der Waals surface area contributed by atoms with Gasteiger partial charge in [0.2, 0.25) is 5.91 Å². The Bertz CT molecular complexity index is 794. The Morgan fingerprint density at radius 2 is 1.86 bits per heavy atom. The van der Waals surface area contributed by atoms with Crippen LogP contribution in [0.4, 0.5) is 4.79 Å². The highest BCUT2D eigenvalue weighted by molar-refractivity contribution is 5.80. The molecule has 148 valence electrons. The van der Waals surface area contributed by atoms with Gasteiger partial charge in [0.25, 0.3) is 0 Å². The van der Waals surface area contributed by atoms with Crippen molar-refractivity contribution >= 4 is 12.0 Å². The summed E-state index contributed by atoms with van der Waals surface area (Å²) < 4.78 is 11.0. The van der Waals surface area contributed by atoms with Crippen LogP contribution in [0.15, 0.2) is 54.6 Å². The monoisotopic (exact) mass is 382 g/mol. The summed E-state index contributed by atoms with van der Waals surface area (Å²) in [5.41, 5.74) is 0.901. The summed E-state index contributed by atoms with van der Waals surface area (Å²) in [7, 11) is 0. The predicted molar refractivity (Wildman–Crippen MR) is 106 cm³/mol. The molecule has 0 radical (unpaired) electrons. The van der Waals surface area contributed by atoms with Gasteiger partial charge in [-0.25, -0.2) is 4.79 Å². The predicted octanol–water partition coefficient (Wildman–Crippen LogP) is 3.96. The minimum atomic E-state index is -0.346. The number of para-hydroxylation sites is 2. The Hall–Kier alpha value is -3.02. The minimum absolute atomic E-state index is 0.0523. The number of carbonyl (C=O) groups excluding carboxylic acids is 2. The van der Waals surface area contributed by atoms with E-state index in [0.717, 1.165) is 24.2 Å². The first-order valence-electron chi connectivity index (χ1n) is 9.67. The zero-order valence-corrected chi connectivity index (χ0v) is 16.1. The summed E-state index contributed by atoms with van der Waals surface area (Å²) in [5, 5.41) is 2.99. The van der Waals surface area contributed by atoms with E-state index in [0.29, 0.717) is 32.0 Å². The molecule has 1 heterocycles. The van der Waals surface area contributed by atoms with E-state index in [-0.39, 0.29) is 17.9 Å². The van der Waals surface area contributed by atoms with Crippen LogP contribution in [0, 0.1) is 5.92 Å². The van der Waals surface area contributed by atoms with Crippen molar-refractivity contribution in [3.05, 3.63) is 60.2 Å². The van der Waals surface area contributed by atoms with E-state index in [1.165, 1.54) is 0 Å². The molecule has 28 heavy (non-hydrogen) atoms. The maximum absolute atomic E-state index is 12.6. The molecule has 6 heteroatoms. The normalized spacial score (nSPS) is 16.3. The molecule has 2 amide bonds. The summed E-state index contributed by atoms with van der Waals surface area (Å²) >= 11 is 0. The Morgan fingerprint density at radius 1 is 1.11 bits per heavy atom. The number of likely N-dealkylation sites (tertiary alicyclic amines) is 1. The lowest BCUT2D eigenvalue weighted by Crippen LogP contribution is -2.45. The average molecular weight is 382 g/mol. The first-order chi connectivity index (χ1) is 13.7. The first-order valence-corrected chi connectivity index (χ1v) is 9.67. The van der Waals surface area contributed by atoms with Gasteiger partial charge in [0.15, 0.2) is 0 Å². The zero-order valence-electron chi connectivity index (χ0n) is 16.1. The van der Waals surface area contributed by atoms with E-state index in [1.807, 2.05) is 54.6 Å². The fraction of sp³-hybridized carbons (Fsp3) is 0.364. The van der Waals surface area contributed by atoms with E-state index in [9.17, 15) is 9.59 Å². The highest BCUT2D eigenvalue weighted by Crippen LogP contribution is 2.25. The number of nitrogens with one attached hydrogen (secondary N) is 1. The van der Waals surface area contributed by atoms with Crippen LogP contribution >= 0.6 is 0 Å². The Kier molecular flexibility index (Phi) is 6.89. The van der Waals surface area contributed by atoms with Crippen LogP contribution in [0.25, 0.3) is 0 Å². The molecule has 1 N–H and O–H groups in total. The van der Waals surface area contributed by atoms with E-state index >= 15 is 0 Å². The first kappa shape index (κ1) is 19.7. The summed E-state index contributed by atoms with van der Waals surface area (Å²) in [6.07, 6.45) is 1.22.